The van der Waals surface area contributed by atoms with Gasteiger partial charge in [-0.2, -0.15) is 0 Å². The summed E-state index contributed by atoms with van der Waals surface area (Å²) in [6.07, 6.45) is 3.11. The van der Waals surface area contributed by atoms with Crippen molar-refractivity contribution in [2.45, 2.75) is 32.2 Å². The number of amides is 1. The minimum absolute atomic E-state index is 0.131. The van der Waals surface area contributed by atoms with Gasteiger partial charge < -0.3 is 11.1 Å². The van der Waals surface area contributed by atoms with Crippen LogP contribution in [0.5, 0.6) is 0 Å². The molecule has 1 aliphatic carbocycles. The largest absolute Gasteiger partial charge is 0.349 e. The lowest BCUT2D eigenvalue weighted by Gasteiger charge is -2.19. The Morgan fingerprint density at radius 3 is 2.89 bits per heavy atom. The standard InChI is InChI=1S/C14H19FN2O/c1-9-5-11(7-12(15)6-9)14(18)17-13-4-2-3-10(13)8-16/h5-7,10,13H,2-4,8,16H2,1H3,(H,17,18). The fraction of sp³-hybridized carbons (Fsp3) is 0.500. The van der Waals surface area contributed by atoms with E-state index in [1.165, 1.54) is 12.1 Å². The Labute approximate surface area is 107 Å². The molecule has 1 fully saturated rings. The molecule has 2 atom stereocenters. The van der Waals surface area contributed by atoms with Gasteiger partial charge >= 0.3 is 0 Å². The van der Waals surface area contributed by atoms with E-state index in [2.05, 4.69) is 5.32 Å². The molecule has 18 heavy (non-hydrogen) atoms. The van der Waals surface area contributed by atoms with Gasteiger partial charge in [-0.25, -0.2) is 4.39 Å². The molecule has 98 valence electrons. The first kappa shape index (κ1) is 13.0. The quantitative estimate of drug-likeness (QED) is 0.862. The van der Waals surface area contributed by atoms with Crippen LogP contribution >= 0.6 is 0 Å². The van der Waals surface area contributed by atoms with Crippen molar-refractivity contribution in [1.29, 1.82) is 0 Å². The molecule has 3 nitrogen and oxygen atoms in total. The van der Waals surface area contributed by atoms with Crippen LogP contribution in [0.25, 0.3) is 0 Å². The molecule has 4 heteroatoms. The second-order valence-electron chi connectivity index (χ2n) is 5.02. The molecule has 1 amide bonds. The van der Waals surface area contributed by atoms with Gasteiger partial charge in [-0.1, -0.05) is 6.42 Å². The Morgan fingerprint density at radius 2 is 2.22 bits per heavy atom. The van der Waals surface area contributed by atoms with Crippen LogP contribution in [-0.2, 0) is 0 Å². The summed E-state index contributed by atoms with van der Waals surface area (Å²) in [5.74, 6) is -0.228. The lowest BCUT2D eigenvalue weighted by atomic mass is 10.0. The van der Waals surface area contributed by atoms with E-state index < -0.39 is 0 Å². The summed E-state index contributed by atoms with van der Waals surface area (Å²) < 4.78 is 13.2. The summed E-state index contributed by atoms with van der Waals surface area (Å²) in [5, 5.41) is 2.96. The number of nitrogens with two attached hydrogens (primary N) is 1. The van der Waals surface area contributed by atoms with Gasteiger partial charge in [0, 0.05) is 11.6 Å². The fourth-order valence-electron chi connectivity index (χ4n) is 2.63. The zero-order valence-electron chi connectivity index (χ0n) is 10.6. The smallest absolute Gasteiger partial charge is 0.251 e. The molecule has 0 bridgehead atoms. The zero-order valence-corrected chi connectivity index (χ0v) is 10.6. The molecule has 0 saturated heterocycles. The Hall–Kier alpha value is -1.42. The van der Waals surface area contributed by atoms with Crippen molar-refractivity contribution in [2.75, 3.05) is 6.54 Å². The summed E-state index contributed by atoms with van der Waals surface area (Å²) in [6.45, 7) is 2.37. The van der Waals surface area contributed by atoms with Crippen molar-refractivity contribution in [3.8, 4) is 0 Å². The van der Waals surface area contributed by atoms with Crippen LogP contribution in [0.1, 0.15) is 35.2 Å². The van der Waals surface area contributed by atoms with Gasteiger partial charge in [-0.05, 0) is 56.0 Å². The average molecular weight is 250 g/mol. The summed E-state index contributed by atoms with van der Waals surface area (Å²) in [7, 11) is 0. The Balaban J connectivity index is 2.07. The Bertz CT molecular complexity index is 427. The lowest BCUT2D eigenvalue weighted by molar-refractivity contribution is 0.0928. The maximum Gasteiger partial charge on any atom is 0.251 e. The Morgan fingerprint density at radius 1 is 1.44 bits per heavy atom. The van der Waals surface area contributed by atoms with Gasteiger partial charge in [-0.3, -0.25) is 4.79 Å². The molecule has 1 aromatic carbocycles. The molecule has 1 saturated carbocycles. The van der Waals surface area contributed by atoms with Gasteiger partial charge in [0.05, 0.1) is 0 Å². The molecule has 0 radical (unpaired) electrons. The normalized spacial score (nSPS) is 23.1. The van der Waals surface area contributed by atoms with Gasteiger partial charge in [-0.15, -0.1) is 0 Å². The molecule has 1 aliphatic rings. The van der Waals surface area contributed by atoms with Crippen molar-refractivity contribution < 1.29 is 9.18 Å². The number of carbonyl (C=O) groups is 1. The predicted molar refractivity (Wildman–Crippen MR) is 68.8 cm³/mol. The molecule has 2 rings (SSSR count). The molecule has 2 unspecified atom stereocenters. The number of nitrogens with one attached hydrogen (secondary N) is 1. The number of aryl methyl sites for hydroxylation is 1. The van der Waals surface area contributed by atoms with Gasteiger partial charge in [0.25, 0.3) is 5.91 Å². The molecule has 0 spiro atoms. The lowest BCUT2D eigenvalue weighted by Crippen LogP contribution is -2.39. The maximum atomic E-state index is 13.2. The van der Waals surface area contributed by atoms with Crippen LogP contribution in [-0.4, -0.2) is 18.5 Å². The highest BCUT2D eigenvalue weighted by Crippen LogP contribution is 2.25. The van der Waals surface area contributed by atoms with Crippen LogP contribution in [0.3, 0.4) is 0 Å². The van der Waals surface area contributed by atoms with E-state index in [0.29, 0.717) is 18.0 Å². The van der Waals surface area contributed by atoms with Crippen molar-refractivity contribution in [2.24, 2.45) is 11.7 Å². The topological polar surface area (TPSA) is 55.1 Å². The second-order valence-corrected chi connectivity index (χ2v) is 5.02. The summed E-state index contributed by atoms with van der Waals surface area (Å²) in [6, 6.07) is 4.51. The van der Waals surface area contributed by atoms with E-state index in [0.717, 1.165) is 24.8 Å². The van der Waals surface area contributed by atoms with Crippen molar-refractivity contribution in [1.82, 2.24) is 5.32 Å². The zero-order chi connectivity index (χ0) is 13.1. The number of rotatable bonds is 3. The third kappa shape index (κ3) is 2.88. The number of halogens is 1. The highest BCUT2D eigenvalue weighted by Gasteiger charge is 2.27. The van der Waals surface area contributed by atoms with Crippen LogP contribution in [0.2, 0.25) is 0 Å². The minimum atomic E-state index is -0.373. The molecule has 0 heterocycles. The maximum absolute atomic E-state index is 13.2. The van der Waals surface area contributed by atoms with Crippen LogP contribution < -0.4 is 11.1 Å². The van der Waals surface area contributed by atoms with E-state index in [1.54, 1.807) is 13.0 Å². The van der Waals surface area contributed by atoms with Gasteiger partial charge in [0.1, 0.15) is 5.82 Å². The molecule has 0 aromatic heterocycles. The van der Waals surface area contributed by atoms with Crippen molar-refractivity contribution in [3.05, 3.63) is 35.1 Å². The van der Waals surface area contributed by atoms with E-state index in [1.807, 2.05) is 0 Å². The first-order valence-electron chi connectivity index (χ1n) is 6.38. The number of hydrogen-bond acceptors (Lipinski definition) is 2. The number of hydrogen-bond donors (Lipinski definition) is 2. The van der Waals surface area contributed by atoms with Crippen LogP contribution in [0.15, 0.2) is 18.2 Å². The summed E-state index contributed by atoms with van der Waals surface area (Å²) >= 11 is 0. The van der Waals surface area contributed by atoms with Crippen molar-refractivity contribution in [3.63, 3.8) is 0 Å². The third-order valence-electron chi connectivity index (χ3n) is 3.58. The molecular weight excluding hydrogens is 231 g/mol. The van der Waals surface area contributed by atoms with Crippen LogP contribution in [0.4, 0.5) is 4.39 Å². The highest BCUT2D eigenvalue weighted by atomic mass is 19.1. The van der Waals surface area contributed by atoms with E-state index in [-0.39, 0.29) is 17.8 Å². The SMILES string of the molecule is Cc1cc(F)cc(C(=O)NC2CCCC2CN)c1. The first-order valence-corrected chi connectivity index (χ1v) is 6.38. The monoisotopic (exact) mass is 250 g/mol. The molecular formula is C14H19FN2O. The molecule has 1 aromatic rings. The third-order valence-corrected chi connectivity index (χ3v) is 3.58. The molecule has 3 N–H and O–H groups in total. The summed E-state index contributed by atoms with van der Waals surface area (Å²) in [5.41, 5.74) is 6.81. The second kappa shape index (κ2) is 5.48. The summed E-state index contributed by atoms with van der Waals surface area (Å²) in [4.78, 5) is 12.0. The predicted octanol–water partition coefficient (Wildman–Crippen LogP) is 1.99. The fourth-order valence-corrected chi connectivity index (χ4v) is 2.63. The average Bonchev–Trinajstić information content (AvgIpc) is 2.75. The van der Waals surface area contributed by atoms with E-state index >= 15 is 0 Å². The number of benzene rings is 1. The number of carbonyl (C=O) groups excluding carboxylic acids is 1. The van der Waals surface area contributed by atoms with Gasteiger partial charge in [0.2, 0.25) is 0 Å². The van der Waals surface area contributed by atoms with Crippen molar-refractivity contribution >= 4 is 5.91 Å². The minimum Gasteiger partial charge on any atom is -0.349 e. The Kier molecular flexibility index (Phi) is 3.97. The van der Waals surface area contributed by atoms with E-state index in [4.69, 9.17) is 5.73 Å². The molecule has 0 aliphatic heterocycles. The first-order chi connectivity index (χ1) is 8.60. The van der Waals surface area contributed by atoms with E-state index in [9.17, 15) is 9.18 Å². The van der Waals surface area contributed by atoms with Crippen LogP contribution in [0, 0.1) is 18.7 Å². The van der Waals surface area contributed by atoms with Gasteiger partial charge in [0.15, 0.2) is 0 Å². The highest BCUT2D eigenvalue weighted by molar-refractivity contribution is 5.94.